The first-order chi connectivity index (χ1) is 16.2. The lowest BCUT2D eigenvalue weighted by Gasteiger charge is -2.14. The van der Waals surface area contributed by atoms with E-state index in [4.69, 9.17) is 0 Å². The highest BCUT2D eigenvalue weighted by Crippen LogP contribution is 2.19. The molecule has 0 aromatic carbocycles. The van der Waals surface area contributed by atoms with Crippen LogP contribution in [-0.4, -0.2) is 23.9 Å². The average molecular weight is 462 g/mol. The Morgan fingerprint density at radius 2 is 1.12 bits per heavy atom. The van der Waals surface area contributed by atoms with Gasteiger partial charge in [0.2, 0.25) is 5.91 Å². The van der Waals surface area contributed by atoms with E-state index in [1.807, 2.05) is 4.90 Å². The standard InChI is InChI=1S/C31H59NO/c1-3-4-5-17-20-25-30(2)26-21-18-15-13-11-9-7-6-8-10-12-14-16-19-22-27-31(33)32-28-23-24-29-32/h14,16,30H,3-13,15,17-29H2,1-2H3. The summed E-state index contributed by atoms with van der Waals surface area (Å²) >= 11 is 0. The minimum atomic E-state index is 0.374. The molecule has 0 radical (unpaired) electrons. The monoisotopic (exact) mass is 461 g/mol. The van der Waals surface area contributed by atoms with Crippen LogP contribution in [0, 0.1) is 5.92 Å². The molecule has 2 heteroatoms. The van der Waals surface area contributed by atoms with E-state index in [-0.39, 0.29) is 0 Å². The maximum absolute atomic E-state index is 12.0. The van der Waals surface area contributed by atoms with Crippen molar-refractivity contribution < 1.29 is 4.79 Å². The quantitative estimate of drug-likeness (QED) is 0.109. The molecule has 1 heterocycles. The van der Waals surface area contributed by atoms with Crippen LogP contribution in [0.4, 0.5) is 0 Å². The molecule has 33 heavy (non-hydrogen) atoms. The molecule has 1 fully saturated rings. The summed E-state index contributed by atoms with van der Waals surface area (Å²) in [6, 6.07) is 0. The summed E-state index contributed by atoms with van der Waals surface area (Å²) in [6.07, 6.45) is 35.4. The summed E-state index contributed by atoms with van der Waals surface area (Å²) in [5, 5.41) is 0. The molecular formula is C31H59NO. The predicted molar refractivity (Wildman–Crippen MR) is 147 cm³/mol. The summed E-state index contributed by atoms with van der Waals surface area (Å²) in [7, 11) is 0. The largest absolute Gasteiger partial charge is 0.343 e. The Labute approximate surface area is 208 Å². The van der Waals surface area contributed by atoms with Crippen LogP contribution in [0.3, 0.4) is 0 Å². The van der Waals surface area contributed by atoms with E-state index in [0.29, 0.717) is 5.91 Å². The van der Waals surface area contributed by atoms with Crippen LogP contribution in [0.2, 0.25) is 0 Å². The van der Waals surface area contributed by atoms with Gasteiger partial charge >= 0.3 is 0 Å². The Bertz CT molecular complexity index is 452. The number of amides is 1. The van der Waals surface area contributed by atoms with Gasteiger partial charge in [-0.3, -0.25) is 4.79 Å². The maximum Gasteiger partial charge on any atom is 0.222 e. The lowest BCUT2D eigenvalue weighted by atomic mass is 9.96. The first-order valence-corrected chi connectivity index (χ1v) is 15.2. The zero-order valence-corrected chi connectivity index (χ0v) is 22.8. The van der Waals surface area contributed by atoms with Crippen molar-refractivity contribution >= 4 is 5.91 Å². The first kappa shape index (κ1) is 30.2. The van der Waals surface area contributed by atoms with Gasteiger partial charge in [-0.2, -0.15) is 0 Å². The number of allylic oxidation sites excluding steroid dienone is 2. The molecule has 1 unspecified atom stereocenters. The molecule has 0 bridgehead atoms. The molecule has 2 nitrogen and oxygen atoms in total. The van der Waals surface area contributed by atoms with E-state index in [1.165, 1.54) is 128 Å². The van der Waals surface area contributed by atoms with Gasteiger partial charge in [0.15, 0.2) is 0 Å². The van der Waals surface area contributed by atoms with Crippen LogP contribution in [0.15, 0.2) is 12.2 Å². The van der Waals surface area contributed by atoms with Crippen molar-refractivity contribution in [1.82, 2.24) is 4.90 Å². The lowest BCUT2D eigenvalue weighted by Crippen LogP contribution is -2.27. The molecule has 0 aromatic rings. The minimum absolute atomic E-state index is 0.374. The number of unbranched alkanes of at least 4 members (excludes halogenated alkanes) is 15. The molecule has 1 rings (SSSR count). The molecule has 0 saturated carbocycles. The Balaban J connectivity index is 1.73. The van der Waals surface area contributed by atoms with Gasteiger partial charge in [-0.05, 0) is 44.4 Å². The summed E-state index contributed by atoms with van der Waals surface area (Å²) < 4.78 is 0. The van der Waals surface area contributed by atoms with Crippen molar-refractivity contribution in [2.45, 2.75) is 162 Å². The molecule has 194 valence electrons. The molecule has 1 aliphatic heterocycles. The second-order valence-electron chi connectivity index (χ2n) is 10.9. The number of hydrogen-bond acceptors (Lipinski definition) is 1. The van der Waals surface area contributed by atoms with Gasteiger partial charge in [-0.25, -0.2) is 0 Å². The van der Waals surface area contributed by atoms with E-state index in [0.717, 1.165) is 38.3 Å². The van der Waals surface area contributed by atoms with Crippen molar-refractivity contribution in [2.75, 3.05) is 13.1 Å². The number of carbonyl (C=O) groups excluding carboxylic acids is 1. The zero-order valence-electron chi connectivity index (χ0n) is 22.8. The van der Waals surface area contributed by atoms with E-state index in [9.17, 15) is 4.79 Å². The van der Waals surface area contributed by atoms with E-state index in [1.54, 1.807) is 0 Å². The maximum atomic E-state index is 12.0. The fourth-order valence-corrected chi connectivity index (χ4v) is 5.14. The van der Waals surface area contributed by atoms with Gasteiger partial charge in [0, 0.05) is 19.5 Å². The molecule has 0 N–H and O–H groups in total. The molecule has 1 amide bonds. The Hall–Kier alpha value is -0.790. The van der Waals surface area contributed by atoms with Crippen LogP contribution in [0.5, 0.6) is 0 Å². The normalized spacial score (nSPS) is 15.0. The van der Waals surface area contributed by atoms with E-state index >= 15 is 0 Å². The SMILES string of the molecule is CCCCCCCC(C)CCCCCCCCCCCCC=CCCCC(=O)N1CCCC1. The number of likely N-dealkylation sites (tertiary alicyclic amines) is 1. The minimum Gasteiger partial charge on any atom is -0.343 e. The van der Waals surface area contributed by atoms with Crippen LogP contribution in [0.1, 0.15) is 162 Å². The highest BCUT2D eigenvalue weighted by atomic mass is 16.2. The number of rotatable bonds is 23. The fraction of sp³-hybridized carbons (Fsp3) is 0.903. The summed E-state index contributed by atoms with van der Waals surface area (Å²) in [5.74, 6) is 1.32. The lowest BCUT2D eigenvalue weighted by molar-refractivity contribution is -0.130. The third kappa shape index (κ3) is 19.2. The van der Waals surface area contributed by atoms with Crippen molar-refractivity contribution in [3.05, 3.63) is 12.2 Å². The summed E-state index contributed by atoms with van der Waals surface area (Å²) in [5.41, 5.74) is 0. The van der Waals surface area contributed by atoms with Gasteiger partial charge in [0.1, 0.15) is 0 Å². The zero-order chi connectivity index (χ0) is 23.8. The third-order valence-electron chi connectivity index (χ3n) is 7.51. The fourth-order valence-electron chi connectivity index (χ4n) is 5.14. The molecule has 1 saturated heterocycles. The molecule has 0 spiro atoms. The average Bonchev–Trinajstić information content (AvgIpc) is 3.36. The smallest absolute Gasteiger partial charge is 0.222 e. The van der Waals surface area contributed by atoms with Crippen LogP contribution in [-0.2, 0) is 4.79 Å². The molecule has 0 aromatic heterocycles. The Morgan fingerprint density at radius 1 is 0.667 bits per heavy atom. The van der Waals surface area contributed by atoms with Crippen molar-refractivity contribution in [1.29, 1.82) is 0 Å². The van der Waals surface area contributed by atoms with Gasteiger partial charge in [-0.1, -0.05) is 129 Å². The number of nitrogens with zero attached hydrogens (tertiary/aromatic N) is 1. The summed E-state index contributed by atoms with van der Waals surface area (Å²) in [4.78, 5) is 14.0. The van der Waals surface area contributed by atoms with Crippen molar-refractivity contribution in [3.8, 4) is 0 Å². The van der Waals surface area contributed by atoms with Crippen LogP contribution >= 0.6 is 0 Å². The highest BCUT2D eigenvalue weighted by molar-refractivity contribution is 5.76. The molecule has 1 aliphatic rings. The predicted octanol–water partition coefficient (Wildman–Crippen LogP) is 10.0. The molecule has 0 aliphatic carbocycles. The van der Waals surface area contributed by atoms with Crippen LogP contribution < -0.4 is 0 Å². The summed E-state index contributed by atoms with van der Waals surface area (Å²) in [6.45, 7) is 6.75. The number of carbonyl (C=O) groups is 1. The van der Waals surface area contributed by atoms with Crippen LogP contribution in [0.25, 0.3) is 0 Å². The Morgan fingerprint density at radius 3 is 1.67 bits per heavy atom. The van der Waals surface area contributed by atoms with Gasteiger partial charge in [0.25, 0.3) is 0 Å². The molecular weight excluding hydrogens is 402 g/mol. The number of hydrogen-bond donors (Lipinski definition) is 0. The van der Waals surface area contributed by atoms with E-state index in [2.05, 4.69) is 26.0 Å². The second kappa shape index (κ2) is 23.0. The topological polar surface area (TPSA) is 20.3 Å². The van der Waals surface area contributed by atoms with Gasteiger partial charge in [-0.15, -0.1) is 0 Å². The van der Waals surface area contributed by atoms with Crippen molar-refractivity contribution in [2.24, 2.45) is 5.92 Å². The van der Waals surface area contributed by atoms with E-state index < -0.39 is 0 Å². The molecule has 1 atom stereocenters. The second-order valence-corrected chi connectivity index (χ2v) is 10.9. The van der Waals surface area contributed by atoms with Crippen molar-refractivity contribution in [3.63, 3.8) is 0 Å². The van der Waals surface area contributed by atoms with Gasteiger partial charge in [0.05, 0.1) is 0 Å². The third-order valence-corrected chi connectivity index (χ3v) is 7.51. The highest BCUT2D eigenvalue weighted by Gasteiger charge is 2.16. The van der Waals surface area contributed by atoms with Gasteiger partial charge < -0.3 is 4.90 Å². The Kier molecular flexibility index (Phi) is 21.1. The first-order valence-electron chi connectivity index (χ1n) is 15.2.